The number of carboxylic acids is 1. The summed E-state index contributed by atoms with van der Waals surface area (Å²) < 4.78 is 0. The molecule has 1 aromatic carbocycles. The summed E-state index contributed by atoms with van der Waals surface area (Å²) in [5.41, 5.74) is 7.21. The maximum Gasteiger partial charge on any atom is 0.322 e. The van der Waals surface area contributed by atoms with Crippen molar-refractivity contribution in [1.82, 2.24) is 36.1 Å². The van der Waals surface area contributed by atoms with Crippen LogP contribution in [0.15, 0.2) is 36.8 Å². The van der Waals surface area contributed by atoms with E-state index in [1.165, 1.54) is 36.5 Å². The van der Waals surface area contributed by atoms with Gasteiger partial charge in [0, 0.05) is 24.9 Å². The van der Waals surface area contributed by atoms with Crippen LogP contribution in [0.1, 0.15) is 51.3 Å². The Morgan fingerprint density at radius 3 is 2.29 bits per heavy atom. The van der Waals surface area contributed by atoms with E-state index in [4.69, 9.17) is 10.8 Å². The van der Waals surface area contributed by atoms with Crippen molar-refractivity contribution in [2.24, 2.45) is 11.7 Å². The van der Waals surface area contributed by atoms with Gasteiger partial charge in [-0.25, -0.2) is 4.98 Å². The van der Waals surface area contributed by atoms with E-state index in [-0.39, 0.29) is 37.5 Å². The lowest BCUT2D eigenvalue weighted by atomic mass is 9.97. The molecule has 1 aromatic heterocycles. The zero-order valence-electron chi connectivity index (χ0n) is 27.7. The number of rotatable bonds is 17. The number of hydrogen-bond donors (Lipinski definition) is 9. The number of carbonyl (C=O) groups is 6. The van der Waals surface area contributed by atoms with E-state index in [9.17, 15) is 39.0 Å². The molecule has 17 heteroatoms. The molecule has 0 bridgehead atoms. The lowest BCUT2D eigenvalue weighted by Gasteiger charge is -2.31. The second-order valence-corrected chi connectivity index (χ2v) is 12.2. The minimum Gasteiger partial charge on any atom is -0.508 e. The number of aromatic amines is 1. The van der Waals surface area contributed by atoms with E-state index in [0.29, 0.717) is 24.1 Å². The number of H-pyrrole nitrogens is 1. The largest absolute Gasteiger partial charge is 0.508 e. The first-order valence-corrected chi connectivity index (χ1v) is 16.1. The molecule has 3 rings (SSSR count). The molecule has 2 aromatic rings. The summed E-state index contributed by atoms with van der Waals surface area (Å²) in [6, 6.07) is 0.193. The number of aliphatic hydroxyl groups excluding tert-OH is 1. The number of carboxylic acid groups (broad SMARTS) is 1. The third kappa shape index (κ3) is 11.0. The molecule has 0 unspecified atom stereocenters. The van der Waals surface area contributed by atoms with Crippen LogP contribution >= 0.6 is 0 Å². The van der Waals surface area contributed by atoms with E-state index in [1.54, 1.807) is 19.1 Å². The maximum absolute atomic E-state index is 14.0. The Bertz CT molecular complexity index is 1450. The number of phenolic OH excluding ortho intramolecular Hbond substituents is 1. The van der Waals surface area contributed by atoms with Crippen LogP contribution in [-0.4, -0.2) is 115 Å². The zero-order valence-corrected chi connectivity index (χ0v) is 27.7. The van der Waals surface area contributed by atoms with Gasteiger partial charge < -0.3 is 52.2 Å². The van der Waals surface area contributed by atoms with Gasteiger partial charge in [0.1, 0.15) is 36.5 Å². The quantitative estimate of drug-likeness (QED) is 0.0905. The van der Waals surface area contributed by atoms with Crippen molar-refractivity contribution in [3.63, 3.8) is 0 Å². The van der Waals surface area contributed by atoms with Gasteiger partial charge in [0.25, 0.3) is 0 Å². The topological polar surface area (TPSA) is 269 Å². The number of aliphatic carboxylic acids is 1. The third-order valence-corrected chi connectivity index (χ3v) is 8.43. The SMILES string of the molecule is CC[C@H](C)[C@H](NC(=O)[C@@H]1CCCN1C(=O)[C@H](Cc1cnc[nH]1)NC(=O)[C@@H](NC(=O)[C@@H](N)Cc1ccc(O)cc1)[C@@H](C)O)C(=O)NCC(=O)O. The predicted molar refractivity (Wildman–Crippen MR) is 174 cm³/mol. The summed E-state index contributed by atoms with van der Waals surface area (Å²) in [4.78, 5) is 85.9. The number of aromatic hydroxyl groups is 1. The minimum atomic E-state index is -1.49. The number of likely N-dealkylation sites (tertiary alicyclic amines) is 1. The smallest absolute Gasteiger partial charge is 0.322 e. The molecule has 17 nitrogen and oxygen atoms in total. The third-order valence-electron chi connectivity index (χ3n) is 8.43. The average Bonchev–Trinajstić information content (AvgIpc) is 3.77. The van der Waals surface area contributed by atoms with Crippen LogP contribution in [0.5, 0.6) is 5.75 Å². The number of nitrogens with two attached hydrogens (primary N) is 1. The Balaban J connectivity index is 1.76. The normalized spacial score (nSPS) is 17.9. The van der Waals surface area contributed by atoms with Crippen LogP contribution in [0, 0.1) is 5.92 Å². The number of aromatic nitrogens is 2. The molecule has 5 amide bonds. The van der Waals surface area contributed by atoms with Crippen LogP contribution < -0.4 is 27.0 Å². The van der Waals surface area contributed by atoms with E-state index < -0.39 is 78.4 Å². The number of phenols is 1. The Hall–Kier alpha value is -5.03. The fourth-order valence-electron chi connectivity index (χ4n) is 5.45. The van der Waals surface area contributed by atoms with E-state index in [1.807, 2.05) is 6.92 Å². The molecule has 0 radical (unpaired) electrons. The predicted octanol–water partition coefficient (Wildman–Crippen LogP) is -1.70. The molecule has 0 saturated carbocycles. The van der Waals surface area contributed by atoms with Crippen molar-refractivity contribution in [3.8, 4) is 5.75 Å². The van der Waals surface area contributed by atoms with E-state index >= 15 is 0 Å². The lowest BCUT2D eigenvalue weighted by molar-refractivity contribution is -0.143. The molecule has 10 N–H and O–H groups in total. The van der Waals surface area contributed by atoms with Gasteiger partial charge in [-0.3, -0.25) is 28.8 Å². The molecule has 7 atom stereocenters. The zero-order chi connectivity index (χ0) is 36.2. The van der Waals surface area contributed by atoms with E-state index in [2.05, 4.69) is 31.2 Å². The highest BCUT2D eigenvalue weighted by Gasteiger charge is 2.40. The summed E-state index contributed by atoms with van der Waals surface area (Å²) in [5.74, 6) is -5.04. The van der Waals surface area contributed by atoms with Gasteiger partial charge in [0.15, 0.2) is 0 Å². The summed E-state index contributed by atoms with van der Waals surface area (Å²) in [5, 5.41) is 39.0. The number of amides is 5. The Labute approximate surface area is 283 Å². The number of aliphatic hydroxyl groups is 1. The van der Waals surface area contributed by atoms with Gasteiger partial charge >= 0.3 is 5.97 Å². The van der Waals surface area contributed by atoms with Crippen molar-refractivity contribution in [3.05, 3.63) is 48.0 Å². The van der Waals surface area contributed by atoms with Crippen molar-refractivity contribution < 1.29 is 44.1 Å². The molecule has 268 valence electrons. The molecule has 1 saturated heterocycles. The summed E-state index contributed by atoms with van der Waals surface area (Å²) >= 11 is 0. The monoisotopic (exact) mass is 686 g/mol. The second kappa shape index (κ2) is 17.9. The maximum atomic E-state index is 14.0. The molecular formula is C32H46N8O9. The average molecular weight is 687 g/mol. The number of carbonyl (C=O) groups excluding carboxylic acids is 5. The Morgan fingerprint density at radius 1 is 1.00 bits per heavy atom. The number of hydrogen-bond acceptors (Lipinski definition) is 10. The number of imidazole rings is 1. The fraction of sp³-hybridized carbons (Fsp3) is 0.531. The second-order valence-electron chi connectivity index (χ2n) is 12.2. The molecule has 1 aliphatic rings. The molecule has 0 spiro atoms. The highest BCUT2D eigenvalue weighted by molar-refractivity contribution is 5.96. The summed E-state index contributed by atoms with van der Waals surface area (Å²) in [6.07, 6.45) is 2.72. The molecule has 0 aliphatic carbocycles. The molecule has 2 heterocycles. The van der Waals surface area contributed by atoms with Gasteiger partial charge in [0.2, 0.25) is 29.5 Å². The summed E-state index contributed by atoms with van der Waals surface area (Å²) in [7, 11) is 0. The van der Waals surface area contributed by atoms with Crippen molar-refractivity contribution >= 4 is 35.5 Å². The van der Waals surface area contributed by atoms with Gasteiger partial charge in [-0.2, -0.15) is 0 Å². The van der Waals surface area contributed by atoms with Gasteiger partial charge in [-0.05, 0) is 49.8 Å². The first-order valence-electron chi connectivity index (χ1n) is 16.1. The van der Waals surface area contributed by atoms with E-state index in [0.717, 1.165) is 0 Å². The fourth-order valence-corrected chi connectivity index (χ4v) is 5.45. The number of nitrogens with one attached hydrogen (secondary N) is 5. The first-order chi connectivity index (χ1) is 23.2. The first kappa shape index (κ1) is 38.4. The standard InChI is InChI=1S/C32H46N8O9/c1-4-17(2)26(30(47)35-15-25(43)44)38-29(46)24-6-5-11-40(24)32(49)23(13-20-14-34-16-36-20)37-31(48)27(18(3)41)39-28(45)22(33)12-19-7-9-21(42)10-8-19/h7-10,14,16-18,22-24,26-27,41-42H,4-6,11-13,15,33H2,1-3H3,(H,34,36)(H,35,47)(H,37,48)(H,38,46)(H,39,45)(H,43,44)/t17-,18+,22-,23-,24-,26-,27-/m0/s1. The minimum absolute atomic E-state index is 0.0448. The van der Waals surface area contributed by atoms with Crippen LogP contribution in [0.25, 0.3) is 0 Å². The van der Waals surface area contributed by atoms with Crippen LogP contribution in [0.2, 0.25) is 0 Å². The van der Waals surface area contributed by atoms with Gasteiger partial charge in [-0.1, -0.05) is 32.4 Å². The highest BCUT2D eigenvalue weighted by atomic mass is 16.4. The Kier molecular flexibility index (Phi) is 14.1. The van der Waals surface area contributed by atoms with Crippen molar-refractivity contribution in [1.29, 1.82) is 0 Å². The van der Waals surface area contributed by atoms with Gasteiger partial charge in [-0.15, -0.1) is 0 Å². The van der Waals surface area contributed by atoms with Crippen molar-refractivity contribution in [2.45, 2.75) is 89.2 Å². The molecule has 1 fully saturated rings. The van der Waals surface area contributed by atoms with Crippen LogP contribution in [0.4, 0.5) is 0 Å². The van der Waals surface area contributed by atoms with Crippen LogP contribution in [0.3, 0.4) is 0 Å². The lowest BCUT2D eigenvalue weighted by Crippen LogP contribution is -2.61. The molecular weight excluding hydrogens is 640 g/mol. The van der Waals surface area contributed by atoms with Crippen molar-refractivity contribution in [2.75, 3.05) is 13.1 Å². The molecule has 49 heavy (non-hydrogen) atoms. The number of benzene rings is 1. The molecule has 1 aliphatic heterocycles. The number of nitrogens with zero attached hydrogens (tertiary/aromatic N) is 2. The Morgan fingerprint density at radius 2 is 1.69 bits per heavy atom. The van der Waals surface area contributed by atoms with Crippen LogP contribution in [-0.2, 0) is 41.6 Å². The highest BCUT2D eigenvalue weighted by Crippen LogP contribution is 2.21. The summed E-state index contributed by atoms with van der Waals surface area (Å²) in [6.45, 7) is 4.39. The van der Waals surface area contributed by atoms with Gasteiger partial charge in [0.05, 0.1) is 18.5 Å².